The van der Waals surface area contributed by atoms with E-state index in [1.54, 1.807) is 30.3 Å². The van der Waals surface area contributed by atoms with Gasteiger partial charge in [0.15, 0.2) is 0 Å². The van der Waals surface area contributed by atoms with Gasteiger partial charge in [-0.05, 0) is 6.07 Å². The highest BCUT2D eigenvalue weighted by Crippen LogP contribution is 2.09. The van der Waals surface area contributed by atoms with Crippen molar-refractivity contribution in [2.24, 2.45) is 7.05 Å². The van der Waals surface area contributed by atoms with Gasteiger partial charge in [-0.1, -0.05) is 0 Å². The van der Waals surface area contributed by atoms with Crippen molar-refractivity contribution < 1.29 is 0 Å². The number of nitrogens with zero attached hydrogens (tertiary/aromatic N) is 7. The maximum atomic E-state index is 4.34. The molecule has 0 saturated carbocycles. The van der Waals surface area contributed by atoms with Crippen LogP contribution in [0.15, 0.2) is 30.9 Å². The Bertz CT molecular complexity index is 716. The monoisotopic (exact) mass is 285 g/mol. The van der Waals surface area contributed by atoms with Crippen LogP contribution < -0.4 is 10.6 Å². The molecular formula is C12H15N9. The summed E-state index contributed by atoms with van der Waals surface area (Å²) in [4.78, 5) is 17.1. The summed E-state index contributed by atoms with van der Waals surface area (Å²) in [5, 5.41) is 10.2. The summed E-state index contributed by atoms with van der Waals surface area (Å²) in [6.45, 7) is 0.523. The summed E-state index contributed by atoms with van der Waals surface area (Å²) < 4.78 is 3.51. The Labute approximate surface area is 121 Å². The number of aromatic nitrogens is 7. The van der Waals surface area contributed by atoms with Gasteiger partial charge in [-0.3, -0.25) is 0 Å². The van der Waals surface area contributed by atoms with Gasteiger partial charge < -0.3 is 15.2 Å². The molecule has 0 unspecified atom stereocenters. The first-order chi connectivity index (χ1) is 10.3. The maximum Gasteiger partial charge on any atom is 0.257 e. The molecule has 0 aromatic carbocycles. The van der Waals surface area contributed by atoms with E-state index in [1.165, 1.54) is 0 Å². The standard InChI is InChI=1S/C12H15N9/c1-13-10-17-11(15-8-9-14-5-7-20(9)2)19-12(18-10)21-6-3-4-16-21/h3-7H,8H2,1-2H3,(H2,13,15,17,18,19). The number of aryl methyl sites for hydroxylation is 1. The minimum Gasteiger partial charge on any atom is -0.357 e. The lowest BCUT2D eigenvalue weighted by Gasteiger charge is -2.08. The fourth-order valence-electron chi connectivity index (χ4n) is 1.77. The summed E-state index contributed by atoms with van der Waals surface area (Å²) in [5.74, 6) is 2.27. The molecule has 0 saturated heterocycles. The molecule has 2 N–H and O–H groups in total. The van der Waals surface area contributed by atoms with Crippen molar-refractivity contribution in [2.75, 3.05) is 17.7 Å². The highest BCUT2D eigenvalue weighted by Gasteiger charge is 2.08. The molecule has 0 bridgehead atoms. The molecule has 0 amide bonds. The topological polar surface area (TPSA) is 98.4 Å². The fourth-order valence-corrected chi connectivity index (χ4v) is 1.77. The van der Waals surface area contributed by atoms with Crippen molar-refractivity contribution in [3.05, 3.63) is 36.7 Å². The largest absolute Gasteiger partial charge is 0.357 e. The number of hydrogen-bond donors (Lipinski definition) is 2. The Morgan fingerprint density at radius 2 is 1.95 bits per heavy atom. The molecule has 0 atom stereocenters. The normalized spacial score (nSPS) is 10.6. The molecule has 3 rings (SSSR count). The number of hydrogen-bond acceptors (Lipinski definition) is 7. The summed E-state index contributed by atoms with van der Waals surface area (Å²) in [7, 11) is 3.69. The zero-order valence-corrected chi connectivity index (χ0v) is 11.7. The minimum atomic E-state index is 0.446. The molecule has 0 spiro atoms. The average molecular weight is 285 g/mol. The molecule has 0 radical (unpaired) electrons. The molecule has 3 aromatic heterocycles. The molecule has 3 aromatic rings. The van der Waals surface area contributed by atoms with Gasteiger partial charge in [0.1, 0.15) is 5.82 Å². The van der Waals surface area contributed by atoms with Crippen LogP contribution >= 0.6 is 0 Å². The lowest BCUT2D eigenvalue weighted by atomic mass is 10.6. The molecule has 0 fully saturated rings. The predicted molar refractivity (Wildman–Crippen MR) is 77.0 cm³/mol. The van der Waals surface area contributed by atoms with Crippen LogP contribution in [0.5, 0.6) is 0 Å². The number of anilines is 2. The third-order valence-corrected chi connectivity index (χ3v) is 2.88. The first kappa shape index (κ1) is 13.0. The highest BCUT2D eigenvalue weighted by atomic mass is 15.4. The van der Waals surface area contributed by atoms with E-state index in [0.29, 0.717) is 24.4 Å². The van der Waals surface area contributed by atoms with Crippen LogP contribution in [0.1, 0.15) is 5.82 Å². The number of imidazole rings is 1. The van der Waals surface area contributed by atoms with Gasteiger partial charge in [-0.25, -0.2) is 9.67 Å². The van der Waals surface area contributed by atoms with Gasteiger partial charge in [-0.2, -0.15) is 20.1 Å². The van der Waals surface area contributed by atoms with E-state index in [-0.39, 0.29) is 0 Å². The molecule has 21 heavy (non-hydrogen) atoms. The van der Waals surface area contributed by atoms with Crippen LogP contribution in [0, 0.1) is 0 Å². The van der Waals surface area contributed by atoms with Crippen LogP contribution in [0.25, 0.3) is 5.95 Å². The molecule has 9 heteroatoms. The Balaban J connectivity index is 1.84. The molecule has 0 aliphatic carbocycles. The second-order valence-electron chi connectivity index (χ2n) is 4.29. The van der Waals surface area contributed by atoms with Gasteiger partial charge in [0.25, 0.3) is 5.95 Å². The number of nitrogens with one attached hydrogen (secondary N) is 2. The maximum absolute atomic E-state index is 4.34. The van der Waals surface area contributed by atoms with Crippen LogP contribution in [-0.4, -0.2) is 41.3 Å². The second kappa shape index (κ2) is 5.57. The van der Waals surface area contributed by atoms with Crippen molar-refractivity contribution in [1.82, 2.24) is 34.3 Å². The Hall–Kier alpha value is -2.97. The second-order valence-corrected chi connectivity index (χ2v) is 4.29. The van der Waals surface area contributed by atoms with Crippen molar-refractivity contribution in [3.8, 4) is 5.95 Å². The summed E-state index contributed by atoms with van der Waals surface area (Å²) in [6, 6.07) is 1.81. The third-order valence-electron chi connectivity index (χ3n) is 2.88. The summed E-state index contributed by atoms with van der Waals surface area (Å²) in [5.41, 5.74) is 0. The zero-order chi connectivity index (χ0) is 14.7. The molecule has 0 aliphatic heterocycles. The summed E-state index contributed by atoms with van der Waals surface area (Å²) >= 11 is 0. The van der Waals surface area contributed by atoms with Gasteiger partial charge in [0.05, 0.1) is 6.54 Å². The van der Waals surface area contributed by atoms with E-state index in [9.17, 15) is 0 Å². The fraction of sp³-hybridized carbons (Fsp3) is 0.250. The molecule has 0 aliphatic rings. The van der Waals surface area contributed by atoms with E-state index in [0.717, 1.165) is 5.82 Å². The first-order valence-electron chi connectivity index (χ1n) is 6.40. The predicted octanol–water partition coefficient (Wildman–Crippen LogP) is 0.445. The first-order valence-corrected chi connectivity index (χ1v) is 6.40. The third kappa shape index (κ3) is 2.81. The van der Waals surface area contributed by atoms with E-state index in [2.05, 4.69) is 35.7 Å². The van der Waals surface area contributed by atoms with E-state index in [4.69, 9.17) is 0 Å². The zero-order valence-electron chi connectivity index (χ0n) is 11.7. The molecule has 3 heterocycles. The van der Waals surface area contributed by atoms with Gasteiger partial charge >= 0.3 is 0 Å². The van der Waals surface area contributed by atoms with Crippen molar-refractivity contribution >= 4 is 11.9 Å². The Kier molecular flexibility index (Phi) is 3.46. The Morgan fingerprint density at radius 3 is 2.62 bits per heavy atom. The highest BCUT2D eigenvalue weighted by molar-refractivity contribution is 5.37. The van der Waals surface area contributed by atoms with Crippen molar-refractivity contribution in [1.29, 1.82) is 0 Å². The molecule has 108 valence electrons. The average Bonchev–Trinajstić information content (AvgIpc) is 3.16. The van der Waals surface area contributed by atoms with Crippen molar-refractivity contribution in [2.45, 2.75) is 6.54 Å². The number of rotatable bonds is 5. The van der Waals surface area contributed by atoms with Gasteiger partial charge in [0.2, 0.25) is 11.9 Å². The minimum absolute atomic E-state index is 0.446. The van der Waals surface area contributed by atoms with E-state index >= 15 is 0 Å². The Morgan fingerprint density at radius 1 is 1.10 bits per heavy atom. The SMILES string of the molecule is CNc1nc(NCc2nccn2C)nc(-n2cccn2)n1. The van der Waals surface area contributed by atoms with Crippen LogP contribution in [0.3, 0.4) is 0 Å². The molecular weight excluding hydrogens is 270 g/mol. The van der Waals surface area contributed by atoms with Crippen LogP contribution in [-0.2, 0) is 13.6 Å². The summed E-state index contributed by atoms with van der Waals surface area (Å²) in [6.07, 6.45) is 7.08. The van der Waals surface area contributed by atoms with E-state index < -0.39 is 0 Å². The van der Waals surface area contributed by atoms with E-state index in [1.807, 2.05) is 23.9 Å². The van der Waals surface area contributed by atoms with Crippen LogP contribution in [0.2, 0.25) is 0 Å². The lowest BCUT2D eigenvalue weighted by Crippen LogP contribution is -2.13. The quantitative estimate of drug-likeness (QED) is 0.702. The lowest BCUT2D eigenvalue weighted by molar-refractivity contribution is 0.784. The van der Waals surface area contributed by atoms with Crippen molar-refractivity contribution in [3.63, 3.8) is 0 Å². The van der Waals surface area contributed by atoms with Gasteiger partial charge in [-0.15, -0.1) is 0 Å². The van der Waals surface area contributed by atoms with Gasteiger partial charge in [0, 0.05) is 38.9 Å². The smallest absolute Gasteiger partial charge is 0.257 e. The molecule has 9 nitrogen and oxygen atoms in total. The van der Waals surface area contributed by atoms with Crippen LogP contribution in [0.4, 0.5) is 11.9 Å².